The van der Waals surface area contributed by atoms with E-state index in [-0.39, 0.29) is 0 Å². The Hall–Kier alpha value is -2.36. The van der Waals surface area contributed by atoms with Gasteiger partial charge in [0.25, 0.3) is 0 Å². The fourth-order valence-corrected chi connectivity index (χ4v) is 6.44. The Labute approximate surface area is 176 Å². The molecule has 1 aliphatic heterocycles. The van der Waals surface area contributed by atoms with Crippen molar-refractivity contribution in [2.24, 2.45) is 0 Å². The summed E-state index contributed by atoms with van der Waals surface area (Å²) in [6.07, 6.45) is 4.79. The standard InChI is InChI=1S/C26H26N2S/c1-17-10-11-23-20(14-17)21-16-27(2)13-12-24(21)28(23)22-8-5-7-19(22)26-15-18-6-3-4-9-25(18)29-26/h3-4,6,9-11,14-15H,5,7-8,12-13,16H2,1-2H3. The van der Waals surface area contributed by atoms with E-state index >= 15 is 0 Å². The molecule has 0 unspecified atom stereocenters. The number of benzene rings is 2. The van der Waals surface area contributed by atoms with E-state index in [2.05, 4.69) is 72.0 Å². The lowest BCUT2D eigenvalue weighted by molar-refractivity contribution is 0.311. The molecular formula is C26H26N2S. The third-order valence-electron chi connectivity index (χ3n) is 6.68. The number of hydrogen-bond donors (Lipinski definition) is 0. The van der Waals surface area contributed by atoms with Gasteiger partial charge in [0.2, 0.25) is 0 Å². The van der Waals surface area contributed by atoms with Crippen LogP contribution in [0.15, 0.2) is 48.5 Å². The lowest BCUT2D eigenvalue weighted by Gasteiger charge is -2.25. The maximum atomic E-state index is 2.66. The first-order valence-electron chi connectivity index (χ1n) is 10.7. The minimum absolute atomic E-state index is 1.06. The second-order valence-corrected chi connectivity index (χ2v) is 9.78. The normalized spacial score (nSPS) is 17.6. The Bertz CT molecular complexity index is 1250. The van der Waals surface area contributed by atoms with E-state index in [1.54, 1.807) is 22.5 Å². The molecule has 3 heteroatoms. The van der Waals surface area contributed by atoms with Gasteiger partial charge >= 0.3 is 0 Å². The van der Waals surface area contributed by atoms with Crippen molar-refractivity contribution in [3.05, 3.63) is 70.2 Å². The molecule has 3 heterocycles. The molecule has 0 bridgehead atoms. The molecule has 0 saturated heterocycles. The van der Waals surface area contributed by atoms with Gasteiger partial charge in [0, 0.05) is 45.9 Å². The predicted molar refractivity (Wildman–Crippen MR) is 125 cm³/mol. The lowest BCUT2D eigenvalue weighted by atomic mass is 10.0. The number of fused-ring (bicyclic) bond motifs is 4. The highest BCUT2D eigenvalue weighted by Gasteiger charge is 2.27. The summed E-state index contributed by atoms with van der Waals surface area (Å²) in [5.41, 5.74) is 9.00. The number of aromatic nitrogens is 1. The van der Waals surface area contributed by atoms with Crippen LogP contribution in [0.5, 0.6) is 0 Å². The molecule has 29 heavy (non-hydrogen) atoms. The summed E-state index contributed by atoms with van der Waals surface area (Å²) in [6.45, 7) is 4.43. The molecule has 6 rings (SSSR count). The second-order valence-electron chi connectivity index (χ2n) is 8.70. The first-order chi connectivity index (χ1) is 14.2. The van der Waals surface area contributed by atoms with Gasteiger partial charge in [-0.25, -0.2) is 0 Å². The molecule has 0 spiro atoms. The molecule has 2 aliphatic rings. The number of hydrogen-bond acceptors (Lipinski definition) is 2. The summed E-state index contributed by atoms with van der Waals surface area (Å²) in [5, 5.41) is 2.84. The highest BCUT2D eigenvalue weighted by Crippen LogP contribution is 2.44. The van der Waals surface area contributed by atoms with Gasteiger partial charge in [0.1, 0.15) is 0 Å². The Morgan fingerprint density at radius 3 is 2.76 bits per heavy atom. The van der Waals surface area contributed by atoms with Gasteiger partial charge in [-0.05, 0) is 74.0 Å². The van der Waals surface area contributed by atoms with Crippen LogP contribution in [0.1, 0.15) is 41.0 Å². The van der Waals surface area contributed by atoms with E-state index in [1.165, 1.54) is 50.7 Å². The van der Waals surface area contributed by atoms with Crippen LogP contribution in [0.2, 0.25) is 0 Å². The van der Waals surface area contributed by atoms with E-state index in [1.807, 2.05) is 11.3 Å². The third-order valence-corrected chi connectivity index (χ3v) is 7.85. The molecule has 4 aromatic rings. The quantitative estimate of drug-likeness (QED) is 0.364. The van der Waals surface area contributed by atoms with Crippen LogP contribution < -0.4 is 0 Å². The van der Waals surface area contributed by atoms with Crippen molar-refractivity contribution in [2.45, 2.75) is 39.2 Å². The fourth-order valence-electron chi connectivity index (χ4n) is 5.29. The minimum atomic E-state index is 1.06. The molecule has 2 aromatic heterocycles. The molecule has 0 saturated carbocycles. The van der Waals surface area contributed by atoms with Crippen LogP contribution in [0.25, 0.3) is 32.3 Å². The average Bonchev–Trinajstić information content (AvgIpc) is 3.42. The first kappa shape index (κ1) is 17.5. The van der Waals surface area contributed by atoms with Crippen molar-refractivity contribution >= 4 is 43.6 Å². The smallest absolute Gasteiger partial charge is 0.0531 e. The van der Waals surface area contributed by atoms with Gasteiger partial charge in [-0.2, -0.15) is 0 Å². The summed E-state index contributed by atoms with van der Waals surface area (Å²) < 4.78 is 4.06. The van der Waals surface area contributed by atoms with E-state index in [0.29, 0.717) is 0 Å². The van der Waals surface area contributed by atoms with Gasteiger partial charge in [0.15, 0.2) is 0 Å². The molecule has 0 amide bonds. The van der Waals surface area contributed by atoms with Crippen molar-refractivity contribution in [1.29, 1.82) is 0 Å². The third kappa shape index (κ3) is 2.72. The van der Waals surface area contributed by atoms with Crippen molar-refractivity contribution in [2.75, 3.05) is 13.6 Å². The van der Waals surface area contributed by atoms with Crippen molar-refractivity contribution in [3.63, 3.8) is 0 Å². The van der Waals surface area contributed by atoms with Gasteiger partial charge in [-0.15, -0.1) is 11.3 Å². The zero-order chi connectivity index (χ0) is 19.5. The first-order valence-corrected chi connectivity index (χ1v) is 11.5. The fraction of sp³-hybridized carbons (Fsp3) is 0.308. The van der Waals surface area contributed by atoms with Crippen LogP contribution in [-0.4, -0.2) is 23.1 Å². The Kier molecular flexibility index (Phi) is 3.97. The Morgan fingerprint density at radius 2 is 1.86 bits per heavy atom. The summed E-state index contributed by atoms with van der Waals surface area (Å²) in [4.78, 5) is 3.93. The molecule has 0 fully saturated rings. The highest BCUT2D eigenvalue weighted by molar-refractivity contribution is 7.20. The molecule has 0 atom stereocenters. The highest BCUT2D eigenvalue weighted by atomic mass is 32.1. The minimum Gasteiger partial charge on any atom is -0.317 e. The number of rotatable bonds is 2. The molecule has 2 aromatic carbocycles. The molecule has 2 nitrogen and oxygen atoms in total. The van der Waals surface area contributed by atoms with E-state index in [4.69, 9.17) is 0 Å². The number of allylic oxidation sites excluding steroid dienone is 2. The number of aryl methyl sites for hydroxylation is 1. The van der Waals surface area contributed by atoms with E-state index in [0.717, 1.165) is 19.5 Å². The number of nitrogens with zero attached hydrogens (tertiary/aromatic N) is 2. The molecule has 0 radical (unpaired) electrons. The largest absolute Gasteiger partial charge is 0.317 e. The van der Waals surface area contributed by atoms with Crippen LogP contribution in [-0.2, 0) is 13.0 Å². The SMILES string of the molecule is Cc1ccc2c(c1)c1c(n2C2=C(c3cc4ccccc4s3)CCC2)CCN(C)C1. The Morgan fingerprint density at radius 1 is 0.966 bits per heavy atom. The van der Waals surface area contributed by atoms with Gasteiger partial charge in [-0.3, -0.25) is 0 Å². The van der Waals surface area contributed by atoms with Crippen LogP contribution in [0.3, 0.4) is 0 Å². The zero-order valence-electron chi connectivity index (χ0n) is 17.2. The molecular weight excluding hydrogens is 372 g/mol. The molecule has 146 valence electrons. The lowest BCUT2D eigenvalue weighted by Crippen LogP contribution is -2.27. The van der Waals surface area contributed by atoms with E-state index in [9.17, 15) is 0 Å². The summed E-state index contributed by atoms with van der Waals surface area (Å²) in [6, 6.07) is 18.3. The molecule has 0 N–H and O–H groups in total. The monoisotopic (exact) mass is 398 g/mol. The van der Waals surface area contributed by atoms with Crippen LogP contribution >= 0.6 is 11.3 Å². The average molecular weight is 399 g/mol. The summed E-state index contributed by atoms with van der Waals surface area (Å²) in [5.74, 6) is 0. The van der Waals surface area contributed by atoms with Crippen molar-refractivity contribution < 1.29 is 0 Å². The summed E-state index contributed by atoms with van der Waals surface area (Å²) in [7, 11) is 2.25. The van der Waals surface area contributed by atoms with Crippen molar-refractivity contribution in [1.82, 2.24) is 9.47 Å². The van der Waals surface area contributed by atoms with Gasteiger partial charge in [0.05, 0.1) is 5.52 Å². The van der Waals surface area contributed by atoms with Crippen LogP contribution in [0.4, 0.5) is 0 Å². The van der Waals surface area contributed by atoms with E-state index < -0.39 is 0 Å². The number of thiophene rings is 1. The zero-order valence-corrected chi connectivity index (χ0v) is 18.0. The number of likely N-dealkylation sites (N-methyl/N-ethyl adjacent to an activating group) is 1. The van der Waals surface area contributed by atoms with Crippen molar-refractivity contribution in [3.8, 4) is 0 Å². The topological polar surface area (TPSA) is 8.17 Å². The Balaban J connectivity index is 1.61. The second kappa shape index (κ2) is 6.58. The maximum Gasteiger partial charge on any atom is 0.0531 e. The molecule has 1 aliphatic carbocycles. The van der Waals surface area contributed by atoms with Gasteiger partial charge < -0.3 is 9.47 Å². The van der Waals surface area contributed by atoms with Crippen LogP contribution in [0, 0.1) is 6.92 Å². The maximum absolute atomic E-state index is 2.66. The predicted octanol–water partition coefficient (Wildman–Crippen LogP) is 6.70. The van der Waals surface area contributed by atoms with Gasteiger partial charge in [-0.1, -0.05) is 29.8 Å². The summed E-state index contributed by atoms with van der Waals surface area (Å²) >= 11 is 1.96.